The fourth-order valence-electron chi connectivity index (χ4n) is 4.25. The number of carbonyl (C=O) groups is 1. The average Bonchev–Trinajstić information content (AvgIpc) is 3.21. The van der Waals surface area contributed by atoms with Gasteiger partial charge in [0.25, 0.3) is 5.91 Å². The molecule has 2 aliphatic heterocycles. The fourth-order valence-corrected chi connectivity index (χ4v) is 5.12. The number of piperidine rings is 1. The molecule has 1 amide bonds. The minimum atomic E-state index is -0.689. The van der Waals surface area contributed by atoms with Gasteiger partial charge in [-0.2, -0.15) is 0 Å². The second-order valence-corrected chi connectivity index (χ2v) is 8.85. The summed E-state index contributed by atoms with van der Waals surface area (Å²) in [6, 6.07) is 3.35. The van der Waals surface area contributed by atoms with Gasteiger partial charge in [0.15, 0.2) is 16.5 Å². The molecule has 31 heavy (non-hydrogen) atoms. The second kappa shape index (κ2) is 7.52. The van der Waals surface area contributed by atoms with Crippen molar-refractivity contribution in [2.75, 3.05) is 6.54 Å². The van der Waals surface area contributed by atoms with Gasteiger partial charge < -0.3 is 14.6 Å². The zero-order valence-corrected chi connectivity index (χ0v) is 17.2. The van der Waals surface area contributed by atoms with Crippen LogP contribution in [0, 0.1) is 11.6 Å². The molecule has 0 radical (unpaired) electrons. The smallest absolute Gasteiger partial charge is 0.274 e. The average molecular weight is 444 g/mol. The minimum absolute atomic E-state index is 0.00465. The number of pyridine rings is 1. The number of rotatable bonds is 3. The summed E-state index contributed by atoms with van der Waals surface area (Å²) in [5.74, 6) is -2.27. The predicted molar refractivity (Wildman–Crippen MR) is 109 cm³/mol. The van der Waals surface area contributed by atoms with Gasteiger partial charge in [0.05, 0.1) is 5.56 Å². The lowest BCUT2D eigenvalue weighted by Gasteiger charge is -2.40. The Morgan fingerprint density at radius 1 is 1.19 bits per heavy atom. The van der Waals surface area contributed by atoms with Crippen molar-refractivity contribution in [3.05, 3.63) is 62.5 Å². The summed E-state index contributed by atoms with van der Waals surface area (Å²) in [4.78, 5) is 27.4. The van der Waals surface area contributed by atoms with Crippen LogP contribution >= 0.6 is 11.3 Å². The van der Waals surface area contributed by atoms with Crippen LogP contribution in [-0.2, 0) is 13.0 Å². The maximum absolute atomic E-state index is 13.9. The summed E-state index contributed by atoms with van der Waals surface area (Å²) < 4.78 is 28.7. The van der Waals surface area contributed by atoms with Crippen LogP contribution in [-0.4, -0.2) is 43.3 Å². The summed E-state index contributed by atoms with van der Waals surface area (Å²) >= 11 is 1.09. The Balaban J connectivity index is 1.50. The van der Waals surface area contributed by atoms with Crippen molar-refractivity contribution in [2.24, 2.45) is 0 Å². The molecule has 1 saturated heterocycles. The van der Waals surface area contributed by atoms with Gasteiger partial charge in [-0.1, -0.05) is 17.4 Å². The Hall–Kier alpha value is -3.14. The lowest BCUT2D eigenvalue weighted by atomic mass is 9.98. The van der Waals surface area contributed by atoms with Gasteiger partial charge in [-0.05, 0) is 30.9 Å². The minimum Gasteiger partial charge on any atom is -0.503 e. The van der Waals surface area contributed by atoms with Crippen molar-refractivity contribution in [3.8, 4) is 16.3 Å². The molecule has 0 spiro atoms. The largest absolute Gasteiger partial charge is 0.503 e. The lowest BCUT2D eigenvalue weighted by molar-refractivity contribution is 0.0506. The monoisotopic (exact) mass is 444 g/mol. The van der Waals surface area contributed by atoms with Crippen LogP contribution in [0.25, 0.3) is 10.6 Å². The highest BCUT2D eigenvalue weighted by molar-refractivity contribution is 7.14. The number of hydrogen-bond acceptors (Lipinski definition) is 6. The molecule has 1 N–H and O–H groups in total. The van der Waals surface area contributed by atoms with E-state index < -0.39 is 22.8 Å². The first kappa shape index (κ1) is 19.8. The molecule has 0 bridgehead atoms. The molecular weight excluding hydrogens is 426 g/mol. The van der Waals surface area contributed by atoms with E-state index in [-0.39, 0.29) is 40.2 Å². The summed E-state index contributed by atoms with van der Waals surface area (Å²) in [7, 11) is 0. The molecule has 2 aromatic heterocycles. The van der Waals surface area contributed by atoms with Crippen molar-refractivity contribution >= 4 is 17.2 Å². The normalized spacial score (nSPS) is 18.1. The number of fused-ring (bicyclic) bond motifs is 2. The maximum atomic E-state index is 13.9. The SMILES string of the molecule is O=C1c2c(O)c(=O)c(-c3nnc(Cc4ccc(F)cc4F)s3)cn2C[C@H]2CCCCN12. The van der Waals surface area contributed by atoms with E-state index >= 15 is 0 Å². The molecule has 7 nitrogen and oxygen atoms in total. The van der Waals surface area contributed by atoms with Crippen LogP contribution in [0.4, 0.5) is 8.78 Å². The molecule has 10 heteroatoms. The highest BCUT2D eigenvalue weighted by Crippen LogP contribution is 2.31. The van der Waals surface area contributed by atoms with Crippen molar-refractivity contribution in [1.29, 1.82) is 0 Å². The summed E-state index contributed by atoms with van der Waals surface area (Å²) in [5, 5.41) is 19.3. The molecule has 0 aliphatic carbocycles. The molecular formula is C21H18F2N4O3S. The van der Waals surface area contributed by atoms with Gasteiger partial charge in [0, 0.05) is 37.8 Å². The summed E-state index contributed by atoms with van der Waals surface area (Å²) in [6.07, 6.45) is 4.46. The predicted octanol–water partition coefficient (Wildman–Crippen LogP) is 2.95. The maximum Gasteiger partial charge on any atom is 0.274 e. The van der Waals surface area contributed by atoms with Crippen LogP contribution in [0.5, 0.6) is 5.75 Å². The highest BCUT2D eigenvalue weighted by atomic mass is 32.1. The van der Waals surface area contributed by atoms with Gasteiger partial charge in [-0.3, -0.25) is 9.59 Å². The zero-order chi connectivity index (χ0) is 21.7. The molecule has 1 fully saturated rings. The van der Waals surface area contributed by atoms with E-state index in [9.17, 15) is 23.5 Å². The van der Waals surface area contributed by atoms with Gasteiger partial charge >= 0.3 is 0 Å². The van der Waals surface area contributed by atoms with E-state index in [1.165, 1.54) is 12.1 Å². The number of halogens is 2. The molecule has 4 heterocycles. The number of aromatic nitrogens is 3. The number of amides is 1. The lowest BCUT2D eigenvalue weighted by Crippen LogP contribution is -2.51. The molecule has 0 unspecified atom stereocenters. The van der Waals surface area contributed by atoms with Crippen molar-refractivity contribution < 1.29 is 18.7 Å². The Morgan fingerprint density at radius 3 is 2.84 bits per heavy atom. The third-order valence-electron chi connectivity index (χ3n) is 5.81. The first-order chi connectivity index (χ1) is 14.9. The van der Waals surface area contributed by atoms with Crippen LogP contribution in [0.1, 0.15) is 40.3 Å². The Morgan fingerprint density at radius 2 is 2.03 bits per heavy atom. The van der Waals surface area contributed by atoms with Crippen molar-refractivity contribution in [1.82, 2.24) is 19.7 Å². The summed E-state index contributed by atoms with van der Waals surface area (Å²) in [6.45, 7) is 1.12. The topological polar surface area (TPSA) is 88.3 Å². The fraction of sp³-hybridized carbons (Fsp3) is 0.333. The van der Waals surface area contributed by atoms with Crippen LogP contribution < -0.4 is 5.43 Å². The van der Waals surface area contributed by atoms with Crippen LogP contribution in [0.15, 0.2) is 29.2 Å². The number of hydrogen-bond donors (Lipinski definition) is 1. The Labute approximate surface area is 179 Å². The first-order valence-electron chi connectivity index (χ1n) is 9.96. The quantitative estimate of drug-likeness (QED) is 0.671. The molecule has 3 aromatic rings. The molecule has 5 rings (SSSR count). The first-order valence-corrected chi connectivity index (χ1v) is 10.8. The van der Waals surface area contributed by atoms with Crippen LogP contribution in [0.2, 0.25) is 0 Å². The van der Waals surface area contributed by atoms with E-state index in [0.717, 1.165) is 36.7 Å². The van der Waals surface area contributed by atoms with Crippen LogP contribution in [0.3, 0.4) is 0 Å². The number of carbonyl (C=O) groups excluding carboxylic acids is 1. The van der Waals surface area contributed by atoms with Crippen molar-refractivity contribution in [3.63, 3.8) is 0 Å². The van der Waals surface area contributed by atoms with E-state index in [2.05, 4.69) is 10.2 Å². The molecule has 1 atom stereocenters. The Kier molecular flexibility index (Phi) is 4.81. The van der Waals surface area contributed by atoms with Gasteiger partial charge in [0.1, 0.15) is 16.6 Å². The molecule has 1 aromatic carbocycles. The summed E-state index contributed by atoms with van der Waals surface area (Å²) in [5.41, 5.74) is -0.283. The van der Waals surface area contributed by atoms with E-state index in [1.54, 1.807) is 15.7 Å². The molecule has 160 valence electrons. The van der Waals surface area contributed by atoms with E-state index in [1.807, 2.05) is 0 Å². The Bertz CT molecular complexity index is 1260. The third-order valence-corrected chi connectivity index (χ3v) is 6.76. The molecule has 0 saturated carbocycles. The van der Waals surface area contributed by atoms with Gasteiger partial charge in [-0.25, -0.2) is 8.78 Å². The van der Waals surface area contributed by atoms with E-state index in [4.69, 9.17) is 0 Å². The van der Waals surface area contributed by atoms with E-state index in [0.29, 0.717) is 18.1 Å². The second-order valence-electron chi connectivity index (χ2n) is 7.78. The standard InChI is InChI=1S/C21H18F2N4O3S/c22-12-5-4-11(15(23)8-12)7-16-24-25-20(31-16)14-10-26-9-13-3-1-2-6-27(13)21(30)17(26)19(29)18(14)28/h4-5,8,10,13,29H,1-3,6-7,9H2/t13-/m1/s1. The zero-order valence-electron chi connectivity index (χ0n) is 16.3. The number of benzene rings is 1. The third kappa shape index (κ3) is 3.40. The highest BCUT2D eigenvalue weighted by Gasteiger charge is 2.37. The number of nitrogens with zero attached hydrogens (tertiary/aromatic N) is 4. The van der Waals surface area contributed by atoms with Crippen molar-refractivity contribution in [2.45, 2.75) is 38.3 Å². The van der Waals surface area contributed by atoms with Gasteiger partial charge in [-0.15, -0.1) is 10.2 Å². The molecule has 2 aliphatic rings. The number of aromatic hydroxyl groups is 1. The van der Waals surface area contributed by atoms with Gasteiger partial charge in [0.2, 0.25) is 5.43 Å².